The molecule has 1 aromatic carbocycles. The molecule has 1 unspecified atom stereocenters. The number of halogens is 2. The van der Waals surface area contributed by atoms with Crippen molar-refractivity contribution in [3.63, 3.8) is 0 Å². The van der Waals surface area contributed by atoms with Gasteiger partial charge in [-0.15, -0.1) is 10.2 Å². The summed E-state index contributed by atoms with van der Waals surface area (Å²) in [5, 5.41) is 11.0. The van der Waals surface area contributed by atoms with Crippen molar-refractivity contribution in [1.29, 1.82) is 0 Å². The summed E-state index contributed by atoms with van der Waals surface area (Å²) >= 11 is 0. The van der Waals surface area contributed by atoms with Crippen LogP contribution in [0.25, 0.3) is 5.65 Å². The van der Waals surface area contributed by atoms with Crippen molar-refractivity contribution in [2.24, 2.45) is 5.92 Å². The van der Waals surface area contributed by atoms with Gasteiger partial charge in [-0.2, -0.15) is 0 Å². The molecule has 4 rings (SSSR count). The van der Waals surface area contributed by atoms with Gasteiger partial charge in [-0.1, -0.05) is 6.07 Å². The number of anilines is 1. The summed E-state index contributed by atoms with van der Waals surface area (Å²) < 4.78 is 28.7. The van der Waals surface area contributed by atoms with Crippen LogP contribution in [0, 0.1) is 17.6 Å². The number of hydrogen-bond acceptors (Lipinski definition) is 4. The number of amides is 1. The molecule has 3 aromatic rings. The van der Waals surface area contributed by atoms with Crippen LogP contribution < -0.4 is 5.32 Å². The van der Waals surface area contributed by atoms with E-state index < -0.39 is 11.6 Å². The van der Waals surface area contributed by atoms with Gasteiger partial charge in [0.1, 0.15) is 17.5 Å². The van der Waals surface area contributed by atoms with Crippen LogP contribution in [-0.2, 0) is 11.2 Å². The molecule has 0 radical (unpaired) electrons. The molecule has 0 aliphatic carbocycles. The zero-order valence-corrected chi connectivity index (χ0v) is 15.3. The third-order valence-electron chi connectivity index (χ3n) is 5.03. The lowest BCUT2D eigenvalue weighted by atomic mass is 9.94. The Labute approximate surface area is 161 Å². The first-order valence-electron chi connectivity index (χ1n) is 9.34. The highest BCUT2D eigenvalue weighted by Crippen LogP contribution is 2.21. The highest BCUT2D eigenvalue weighted by Gasteiger charge is 2.23. The van der Waals surface area contributed by atoms with Gasteiger partial charge in [0, 0.05) is 25.2 Å². The summed E-state index contributed by atoms with van der Waals surface area (Å²) in [7, 11) is 0. The number of nitrogens with zero attached hydrogens (tertiary/aromatic N) is 4. The average Bonchev–Trinajstić information content (AvgIpc) is 3.07. The standard InChI is InChI=1S/C20H21F2N5O/c21-15-6-7-17(16(22)11-15)23-20(28)13-26-8-3-4-14(12-26)10-19-25-24-18-5-1-2-9-27(18)19/h1-2,5-7,9,11,14H,3-4,8,10,12-13H2,(H,23,28). The maximum absolute atomic E-state index is 13.7. The predicted octanol–water partition coefficient (Wildman–Crippen LogP) is 2.90. The minimum absolute atomic E-state index is 0.00473. The van der Waals surface area contributed by atoms with Crippen LogP contribution >= 0.6 is 0 Å². The van der Waals surface area contributed by atoms with Gasteiger partial charge in [0.15, 0.2) is 5.65 Å². The number of carbonyl (C=O) groups is 1. The number of nitrogens with one attached hydrogen (secondary N) is 1. The number of hydrogen-bond donors (Lipinski definition) is 1. The molecule has 1 saturated heterocycles. The number of carbonyl (C=O) groups excluding carboxylic acids is 1. The van der Waals surface area contributed by atoms with Crippen LogP contribution in [-0.4, -0.2) is 45.0 Å². The summed E-state index contributed by atoms with van der Waals surface area (Å²) in [5.41, 5.74) is 0.820. The second-order valence-electron chi connectivity index (χ2n) is 7.16. The molecule has 8 heteroatoms. The van der Waals surface area contributed by atoms with Gasteiger partial charge in [0.25, 0.3) is 0 Å². The summed E-state index contributed by atoms with van der Waals surface area (Å²) in [4.78, 5) is 14.3. The fraction of sp³-hybridized carbons (Fsp3) is 0.350. The topological polar surface area (TPSA) is 62.5 Å². The maximum Gasteiger partial charge on any atom is 0.238 e. The van der Waals surface area contributed by atoms with E-state index in [0.717, 1.165) is 56.0 Å². The van der Waals surface area contributed by atoms with E-state index in [1.165, 1.54) is 6.07 Å². The SMILES string of the molecule is O=C(CN1CCCC(Cc2nnc3ccccn23)C1)Nc1ccc(F)cc1F. The molecule has 0 saturated carbocycles. The van der Waals surface area contributed by atoms with Crippen molar-refractivity contribution >= 4 is 17.2 Å². The Morgan fingerprint density at radius 1 is 1.21 bits per heavy atom. The molecular formula is C20H21F2N5O. The molecule has 1 N–H and O–H groups in total. The molecule has 28 heavy (non-hydrogen) atoms. The minimum Gasteiger partial charge on any atom is -0.322 e. The highest BCUT2D eigenvalue weighted by atomic mass is 19.1. The molecule has 1 fully saturated rings. The van der Waals surface area contributed by atoms with Crippen LogP contribution in [0.4, 0.5) is 14.5 Å². The average molecular weight is 385 g/mol. The van der Waals surface area contributed by atoms with E-state index in [1.54, 1.807) is 0 Å². The van der Waals surface area contributed by atoms with Crippen molar-refractivity contribution in [1.82, 2.24) is 19.5 Å². The lowest BCUT2D eigenvalue weighted by Gasteiger charge is -2.31. The van der Waals surface area contributed by atoms with Gasteiger partial charge in [0.2, 0.25) is 5.91 Å². The Hall–Kier alpha value is -2.87. The van der Waals surface area contributed by atoms with Crippen molar-refractivity contribution in [3.05, 3.63) is 60.1 Å². The number of aromatic nitrogens is 3. The van der Waals surface area contributed by atoms with E-state index in [9.17, 15) is 13.6 Å². The molecule has 1 atom stereocenters. The predicted molar refractivity (Wildman–Crippen MR) is 101 cm³/mol. The number of rotatable bonds is 5. The summed E-state index contributed by atoms with van der Waals surface area (Å²) in [6, 6.07) is 8.92. The van der Waals surface area contributed by atoms with Crippen molar-refractivity contribution in [2.45, 2.75) is 19.3 Å². The van der Waals surface area contributed by atoms with E-state index in [0.29, 0.717) is 5.92 Å². The first kappa shape index (κ1) is 18.5. The number of fused-ring (bicyclic) bond motifs is 1. The number of benzene rings is 1. The van der Waals surface area contributed by atoms with Gasteiger partial charge < -0.3 is 5.32 Å². The lowest BCUT2D eigenvalue weighted by Crippen LogP contribution is -2.41. The van der Waals surface area contributed by atoms with E-state index >= 15 is 0 Å². The quantitative estimate of drug-likeness (QED) is 0.734. The molecule has 1 aliphatic rings. The van der Waals surface area contributed by atoms with E-state index in [2.05, 4.69) is 20.4 Å². The Balaban J connectivity index is 1.35. The Morgan fingerprint density at radius 3 is 2.96 bits per heavy atom. The van der Waals surface area contributed by atoms with Gasteiger partial charge in [0.05, 0.1) is 12.2 Å². The molecule has 3 heterocycles. The fourth-order valence-corrected chi connectivity index (χ4v) is 3.73. The first-order chi connectivity index (χ1) is 13.6. The molecule has 0 spiro atoms. The first-order valence-corrected chi connectivity index (χ1v) is 9.34. The minimum atomic E-state index is -0.774. The number of piperidine rings is 1. The summed E-state index contributed by atoms with van der Waals surface area (Å²) in [5.74, 6) is -0.463. The van der Waals surface area contributed by atoms with Crippen molar-refractivity contribution in [3.8, 4) is 0 Å². The van der Waals surface area contributed by atoms with E-state index in [-0.39, 0.29) is 18.1 Å². The molecular weight excluding hydrogens is 364 g/mol. The molecule has 1 aliphatic heterocycles. The van der Waals surface area contributed by atoms with Crippen LogP contribution in [0.5, 0.6) is 0 Å². The Bertz CT molecular complexity index is 990. The van der Waals surface area contributed by atoms with Crippen LogP contribution in [0.3, 0.4) is 0 Å². The lowest BCUT2D eigenvalue weighted by molar-refractivity contribution is -0.117. The second kappa shape index (κ2) is 8.02. The monoisotopic (exact) mass is 385 g/mol. The summed E-state index contributed by atoms with van der Waals surface area (Å²) in [6.45, 7) is 1.76. The maximum atomic E-state index is 13.7. The summed E-state index contributed by atoms with van der Waals surface area (Å²) in [6.07, 6.45) is 4.79. The zero-order chi connectivity index (χ0) is 19.5. The van der Waals surface area contributed by atoms with Crippen molar-refractivity contribution < 1.29 is 13.6 Å². The van der Waals surface area contributed by atoms with E-state index in [4.69, 9.17) is 0 Å². The van der Waals surface area contributed by atoms with Gasteiger partial charge in [-0.3, -0.25) is 14.1 Å². The molecule has 0 bridgehead atoms. The van der Waals surface area contributed by atoms with Crippen LogP contribution in [0.1, 0.15) is 18.7 Å². The van der Waals surface area contributed by atoms with Gasteiger partial charge >= 0.3 is 0 Å². The van der Waals surface area contributed by atoms with Crippen LogP contribution in [0.15, 0.2) is 42.6 Å². The number of pyridine rings is 1. The second-order valence-corrected chi connectivity index (χ2v) is 7.16. The fourth-order valence-electron chi connectivity index (χ4n) is 3.73. The zero-order valence-electron chi connectivity index (χ0n) is 15.3. The molecule has 6 nitrogen and oxygen atoms in total. The van der Waals surface area contributed by atoms with Crippen LogP contribution in [0.2, 0.25) is 0 Å². The Morgan fingerprint density at radius 2 is 2.11 bits per heavy atom. The molecule has 1 amide bonds. The molecule has 2 aromatic heterocycles. The Kier molecular flexibility index (Phi) is 5.29. The highest BCUT2D eigenvalue weighted by molar-refractivity contribution is 5.92. The normalized spacial score (nSPS) is 17.7. The third kappa shape index (κ3) is 4.17. The van der Waals surface area contributed by atoms with Gasteiger partial charge in [-0.25, -0.2) is 8.78 Å². The largest absolute Gasteiger partial charge is 0.322 e. The van der Waals surface area contributed by atoms with E-state index in [1.807, 2.05) is 28.8 Å². The molecule has 146 valence electrons. The third-order valence-corrected chi connectivity index (χ3v) is 5.03. The number of likely N-dealkylation sites (tertiary alicyclic amines) is 1. The van der Waals surface area contributed by atoms with Crippen molar-refractivity contribution in [2.75, 3.05) is 25.0 Å². The van der Waals surface area contributed by atoms with Gasteiger partial charge in [-0.05, 0) is 49.6 Å². The smallest absolute Gasteiger partial charge is 0.238 e.